The molecular weight excluding hydrogens is 379 g/mol. The van der Waals surface area contributed by atoms with Gasteiger partial charge in [-0.05, 0) is 37.6 Å². The number of imide groups is 1. The van der Waals surface area contributed by atoms with Gasteiger partial charge in [0.15, 0.2) is 12.5 Å². The number of benzene rings is 1. The third kappa shape index (κ3) is 3.94. The van der Waals surface area contributed by atoms with E-state index in [0.717, 1.165) is 10.5 Å². The molecule has 1 atom stereocenters. The monoisotopic (exact) mass is 401 g/mol. The second kappa shape index (κ2) is 8.34. The number of carbonyl (C=O) groups is 3. The molecule has 1 aromatic carbocycles. The molecule has 4 amide bonds. The van der Waals surface area contributed by atoms with Gasteiger partial charge in [0.2, 0.25) is 0 Å². The minimum Gasteiger partial charge on any atom is -0.496 e. The lowest BCUT2D eigenvalue weighted by atomic mass is 9.94. The van der Waals surface area contributed by atoms with Crippen LogP contribution in [0, 0.1) is 11.7 Å². The second-order valence-corrected chi connectivity index (χ2v) is 6.55. The minimum atomic E-state index is -0.878. The van der Waals surface area contributed by atoms with Crippen molar-refractivity contribution in [3.05, 3.63) is 41.4 Å². The Balaban J connectivity index is 1.87. The lowest BCUT2D eigenvalue weighted by molar-refractivity contribution is -0.408. The van der Waals surface area contributed by atoms with Crippen LogP contribution in [0.3, 0.4) is 0 Å². The minimum absolute atomic E-state index is 0.274. The van der Waals surface area contributed by atoms with Crippen LogP contribution in [0.4, 0.5) is 14.9 Å². The SMILES string of the molecule is CCOC1=C(CC)C=NC2=[N+](C)C(=O)N(CC(=O)Nc3ccc(F)cc3)C(=O)C12. The molecule has 3 rings (SSSR count). The lowest BCUT2D eigenvalue weighted by Gasteiger charge is -2.29. The van der Waals surface area contributed by atoms with Gasteiger partial charge >= 0.3 is 11.9 Å². The molecule has 2 aliphatic heterocycles. The lowest BCUT2D eigenvalue weighted by Crippen LogP contribution is -2.56. The van der Waals surface area contributed by atoms with Gasteiger partial charge in [0.05, 0.1) is 13.7 Å². The van der Waals surface area contributed by atoms with E-state index in [-0.39, 0.29) is 5.84 Å². The highest BCUT2D eigenvalue weighted by atomic mass is 19.1. The molecule has 2 aliphatic rings. The maximum absolute atomic E-state index is 13.1. The van der Waals surface area contributed by atoms with E-state index in [9.17, 15) is 18.8 Å². The summed E-state index contributed by atoms with van der Waals surface area (Å²) >= 11 is 0. The number of fused-ring (bicyclic) bond motifs is 1. The Morgan fingerprint density at radius 1 is 1.28 bits per heavy atom. The fourth-order valence-electron chi connectivity index (χ4n) is 3.24. The number of amides is 4. The molecule has 1 aromatic rings. The maximum atomic E-state index is 13.1. The van der Waals surface area contributed by atoms with Crippen LogP contribution < -0.4 is 5.32 Å². The number of anilines is 1. The fourth-order valence-corrected chi connectivity index (χ4v) is 3.24. The summed E-state index contributed by atoms with van der Waals surface area (Å²) in [5.74, 6) is -1.73. The molecule has 0 saturated heterocycles. The van der Waals surface area contributed by atoms with Crippen LogP contribution in [0.1, 0.15) is 20.3 Å². The first-order valence-electron chi connectivity index (χ1n) is 9.28. The van der Waals surface area contributed by atoms with Crippen molar-refractivity contribution in [3.8, 4) is 0 Å². The summed E-state index contributed by atoms with van der Waals surface area (Å²) in [5, 5.41) is 2.55. The van der Waals surface area contributed by atoms with Gasteiger partial charge in [-0.15, -0.1) is 4.99 Å². The average Bonchev–Trinajstić information content (AvgIpc) is 2.71. The molecule has 0 saturated carbocycles. The number of rotatable bonds is 6. The summed E-state index contributed by atoms with van der Waals surface area (Å²) in [5.41, 5.74) is 1.13. The molecule has 152 valence electrons. The molecule has 0 aliphatic carbocycles. The number of dihydropyridines is 1. The highest BCUT2D eigenvalue weighted by Crippen LogP contribution is 2.29. The summed E-state index contributed by atoms with van der Waals surface area (Å²) in [6.45, 7) is 3.60. The Morgan fingerprint density at radius 3 is 2.59 bits per heavy atom. The number of ether oxygens (including phenoxy) is 1. The van der Waals surface area contributed by atoms with Gasteiger partial charge in [0.25, 0.3) is 11.7 Å². The van der Waals surface area contributed by atoms with Gasteiger partial charge in [-0.25, -0.2) is 9.18 Å². The van der Waals surface area contributed by atoms with Crippen LogP contribution in [0.2, 0.25) is 0 Å². The number of aliphatic imine (C=N–C) groups is 1. The highest BCUT2D eigenvalue weighted by Gasteiger charge is 2.51. The van der Waals surface area contributed by atoms with E-state index >= 15 is 0 Å². The van der Waals surface area contributed by atoms with Crippen LogP contribution in [-0.4, -0.2) is 59.6 Å². The number of hydrogen-bond donors (Lipinski definition) is 1. The van der Waals surface area contributed by atoms with Crippen molar-refractivity contribution in [2.45, 2.75) is 20.3 Å². The molecule has 9 heteroatoms. The zero-order valence-corrected chi connectivity index (χ0v) is 16.4. The largest absolute Gasteiger partial charge is 0.496 e. The third-order valence-electron chi connectivity index (χ3n) is 4.67. The Kier molecular flexibility index (Phi) is 5.86. The highest BCUT2D eigenvalue weighted by molar-refractivity contribution is 6.17. The van der Waals surface area contributed by atoms with Crippen molar-refractivity contribution in [1.29, 1.82) is 0 Å². The summed E-state index contributed by atoms with van der Waals surface area (Å²) in [6.07, 6.45) is 2.21. The van der Waals surface area contributed by atoms with Crippen molar-refractivity contribution < 1.29 is 28.1 Å². The number of carbonyl (C=O) groups excluding carboxylic acids is 3. The Hall–Kier alpha value is -3.36. The zero-order chi connectivity index (χ0) is 21.1. The van der Waals surface area contributed by atoms with Crippen molar-refractivity contribution in [1.82, 2.24) is 4.90 Å². The normalized spacial score (nSPS) is 18.9. The number of hydrogen-bond acceptors (Lipinski definition) is 5. The molecule has 1 N–H and O–H groups in total. The Labute approximate surface area is 167 Å². The van der Waals surface area contributed by atoms with Crippen molar-refractivity contribution in [3.63, 3.8) is 0 Å². The molecule has 0 radical (unpaired) electrons. The van der Waals surface area contributed by atoms with Crippen LogP contribution in [-0.2, 0) is 14.3 Å². The standard InChI is InChI=1S/C20H21FN4O4/c1-4-12-10-22-18-16(17(12)29-5-2)19(27)25(20(28)24(18)3)11-15(26)23-14-8-6-13(21)7-9-14/h6-10,16H,4-5,11H2,1-3H3/p+1. The molecule has 1 unspecified atom stereocenters. The topological polar surface area (TPSA) is 91.1 Å². The second-order valence-electron chi connectivity index (χ2n) is 6.55. The van der Waals surface area contributed by atoms with Gasteiger partial charge < -0.3 is 10.1 Å². The van der Waals surface area contributed by atoms with E-state index in [2.05, 4.69) is 10.3 Å². The van der Waals surface area contributed by atoms with E-state index in [1.54, 1.807) is 6.21 Å². The summed E-state index contributed by atoms with van der Waals surface area (Å²) in [7, 11) is 1.50. The molecule has 0 spiro atoms. The van der Waals surface area contributed by atoms with Gasteiger partial charge in [-0.3, -0.25) is 9.59 Å². The van der Waals surface area contributed by atoms with E-state index in [0.29, 0.717) is 24.5 Å². The van der Waals surface area contributed by atoms with E-state index in [1.807, 2.05) is 13.8 Å². The number of amidine groups is 1. The molecule has 0 fully saturated rings. The quantitative estimate of drug-likeness (QED) is 0.740. The first-order chi connectivity index (χ1) is 13.9. The van der Waals surface area contributed by atoms with Gasteiger partial charge in [-0.2, -0.15) is 9.48 Å². The number of halogens is 1. The van der Waals surface area contributed by atoms with Crippen LogP contribution >= 0.6 is 0 Å². The zero-order valence-electron chi connectivity index (χ0n) is 16.4. The molecule has 2 heterocycles. The summed E-state index contributed by atoms with van der Waals surface area (Å²) in [6, 6.07) is 4.54. The molecule has 0 bridgehead atoms. The molecule has 8 nitrogen and oxygen atoms in total. The Bertz CT molecular complexity index is 950. The number of nitrogens with one attached hydrogen (secondary N) is 1. The number of nitrogens with zero attached hydrogens (tertiary/aromatic N) is 3. The van der Waals surface area contributed by atoms with E-state index in [4.69, 9.17) is 4.74 Å². The Morgan fingerprint density at radius 2 is 1.97 bits per heavy atom. The molecular formula is C20H22FN4O4+. The smallest absolute Gasteiger partial charge is 0.446 e. The molecule has 0 aromatic heterocycles. The third-order valence-corrected chi connectivity index (χ3v) is 4.67. The number of urea groups is 1. The number of allylic oxidation sites excluding steroid dienone is 1. The summed E-state index contributed by atoms with van der Waals surface area (Å²) in [4.78, 5) is 43.4. The van der Waals surface area contributed by atoms with Crippen molar-refractivity contribution in [2.24, 2.45) is 10.9 Å². The van der Waals surface area contributed by atoms with Crippen LogP contribution in [0.15, 0.2) is 40.6 Å². The van der Waals surface area contributed by atoms with Gasteiger partial charge in [0.1, 0.15) is 17.8 Å². The fraction of sp³-hybridized carbons (Fsp3) is 0.350. The van der Waals surface area contributed by atoms with Crippen LogP contribution in [0.25, 0.3) is 0 Å². The summed E-state index contributed by atoms with van der Waals surface area (Å²) < 4.78 is 20.0. The van der Waals surface area contributed by atoms with Crippen LogP contribution in [0.5, 0.6) is 0 Å². The average molecular weight is 401 g/mol. The van der Waals surface area contributed by atoms with Gasteiger partial charge in [-0.1, -0.05) is 6.92 Å². The predicted octanol–water partition coefficient (Wildman–Crippen LogP) is 2.17. The van der Waals surface area contributed by atoms with Gasteiger partial charge in [0, 0.05) is 11.3 Å². The first-order valence-corrected chi connectivity index (χ1v) is 9.28. The van der Waals surface area contributed by atoms with Crippen molar-refractivity contribution >= 4 is 35.6 Å². The van der Waals surface area contributed by atoms with E-state index < -0.39 is 36.1 Å². The predicted molar refractivity (Wildman–Crippen MR) is 104 cm³/mol. The maximum Gasteiger partial charge on any atom is 0.446 e. The molecule has 29 heavy (non-hydrogen) atoms. The van der Waals surface area contributed by atoms with Crippen molar-refractivity contribution in [2.75, 3.05) is 25.5 Å². The van der Waals surface area contributed by atoms with E-state index in [1.165, 1.54) is 35.9 Å². The first kappa shape index (κ1) is 20.4.